The minimum atomic E-state index is -3.70. The minimum Gasteiger partial charge on any atom is -0.397 e. The van der Waals surface area contributed by atoms with Crippen molar-refractivity contribution in [3.8, 4) is 0 Å². The lowest BCUT2D eigenvalue weighted by Crippen LogP contribution is -2.27. The molecule has 0 radical (unpaired) electrons. The molecule has 2 rings (SSSR count). The fourth-order valence-corrected chi connectivity index (χ4v) is 3.44. The quantitative estimate of drug-likeness (QED) is 0.883. The maximum atomic E-state index is 12.6. The largest absolute Gasteiger partial charge is 0.397 e. The van der Waals surface area contributed by atoms with E-state index in [4.69, 9.17) is 17.3 Å². The van der Waals surface area contributed by atoms with E-state index in [9.17, 15) is 8.42 Å². The predicted octanol–water partition coefficient (Wildman–Crippen LogP) is 2.45. The maximum Gasteiger partial charge on any atom is 0.264 e. The van der Waals surface area contributed by atoms with E-state index in [1.54, 1.807) is 25.1 Å². The second-order valence-electron chi connectivity index (χ2n) is 4.32. The molecule has 0 saturated carbocycles. The molecule has 20 heavy (non-hydrogen) atoms. The molecule has 0 aliphatic heterocycles. The number of halogens is 1. The van der Waals surface area contributed by atoms with E-state index in [-0.39, 0.29) is 10.6 Å². The first-order valence-electron chi connectivity index (χ1n) is 5.78. The normalized spacial score (nSPS) is 11.3. The fraction of sp³-hybridized carbons (Fsp3) is 0.154. The van der Waals surface area contributed by atoms with Gasteiger partial charge in [0.25, 0.3) is 10.0 Å². The van der Waals surface area contributed by atoms with E-state index in [1.807, 2.05) is 0 Å². The van der Waals surface area contributed by atoms with Gasteiger partial charge < -0.3 is 5.73 Å². The van der Waals surface area contributed by atoms with Crippen LogP contribution in [0.2, 0.25) is 5.02 Å². The third-order valence-corrected chi connectivity index (χ3v) is 5.21. The summed E-state index contributed by atoms with van der Waals surface area (Å²) in [5.41, 5.74) is 7.00. The minimum absolute atomic E-state index is 0.138. The van der Waals surface area contributed by atoms with Crippen molar-refractivity contribution in [2.24, 2.45) is 0 Å². The van der Waals surface area contributed by atoms with Crippen LogP contribution in [-0.2, 0) is 10.0 Å². The van der Waals surface area contributed by atoms with Crippen molar-refractivity contribution in [1.29, 1.82) is 0 Å². The van der Waals surface area contributed by atoms with Crippen molar-refractivity contribution < 1.29 is 8.42 Å². The van der Waals surface area contributed by atoms with Gasteiger partial charge in [-0.15, -0.1) is 0 Å². The number of sulfonamides is 1. The Morgan fingerprint density at radius 1 is 1.25 bits per heavy atom. The van der Waals surface area contributed by atoms with E-state index in [0.29, 0.717) is 16.3 Å². The van der Waals surface area contributed by atoms with Gasteiger partial charge in [-0.2, -0.15) is 0 Å². The van der Waals surface area contributed by atoms with Crippen molar-refractivity contribution in [1.82, 2.24) is 4.98 Å². The molecule has 1 heterocycles. The van der Waals surface area contributed by atoms with E-state index in [0.717, 1.165) is 0 Å². The number of aryl methyl sites for hydroxylation is 1. The average molecular weight is 312 g/mol. The molecule has 2 aromatic rings. The van der Waals surface area contributed by atoms with Crippen LogP contribution in [0.25, 0.3) is 0 Å². The molecule has 0 unspecified atom stereocenters. The highest BCUT2D eigenvalue weighted by molar-refractivity contribution is 7.92. The molecule has 0 spiro atoms. The SMILES string of the molecule is Cc1cc(Cl)c(N)cc1S(=O)(=O)N(C)c1ccncc1. The highest BCUT2D eigenvalue weighted by Crippen LogP contribution is 2.29. The second kappa shape index (κ2) is 5.30. The van der Waals surface area contributed by atoms with Gasteiger partial charge >= 0.3 is 0 Å². The van der Waals surface area contributed by atoms with Crippen LogP contribution in [0, 0.1) is 6.92 Å². The number of rotatable bonds is 3. The molecule has 0 aliphatic rings. The van der Waals surface area contributed by atoms with Crippen LogP contribution in [0.15, 0.2) is 41.6 Å². The van der Waals surface area contributed by atoms with Crippen LogP contribution >= 0.6 is 11.6 Å². The number of anilines is 2. The zero-order chi connectivity index (χ0) is 14.9. The molecular formula is C13H14ClN3O2S. The smallest absolute Gasteiger partial charge is 0.264 e. The molecule has 2 N–H and O–H groups in total. The van der Waals surface area contributed by atoms with Gasteiger partial charge in [0.1, 0.15) is 0 Å². The molecule has 0 fully saturated rings. The van der Waals surface area contributed by atoms with Crippen molar-refractivity contribution in [2.45, 2.75) is 11.8 Å². The molecule has 106 valence electrons. The van der Waals surface area contributed by atoms with Gasteiger partial charge in [-0.25, -0.2) is 8.42 Å². The van der Waals surface area contributed by atoms with Gasteiger partial charge in [-0.1, -0.05) is 11.6 Å². The first kappa shape index (κ1) is 14.6. The molecule has 0 atom stereocenters. The Morgan fingerprint density at radius 2 is 1.85 bits per heavy atom. The van der Waals surface area contributed by atoms with Gasteiger partial charge in [0.15, 0.2) is 0 Å². The summed E-state index contributed by atoms with van der Waals surface area (Å²) < 4.78 is 26.4. The Balaban J connectivity index is 2.54. The zero-order valence-electron chi connectivity index (χ0n) is 11.0. The lowest BCUT2D eigenvalue weighted by molar-refractivity contribution is 0.594. The summed E-state index contributed by atoms with van der Waals surface area (Å²) in [5, 5.41) is 0.341. The molecule has 1 aromatic carbocycles. The van der Waals surface area contributed by atoms with E-state index < -0.39 is 10.0 Å². The molecular weight excluding hydrogens is 298 g/mol. The van der Waals surface area contributed by atoms with Gasteiger partial charge in [0.2, 0.25) is 0 Å². The molecule has 0 bridgehead atoms. The van der Waals surface area contributed by atoms with Gasteiger partial charge in [-0.3, -0.25) is 9.29 Å². The number of nitrogen functional groups attached to an aromatic ring is 1. The Hall–Kier alpha value is -1.79. The third-order valence-electron chi connectivity index (χ3n) is 2.96. The predicted molar refractivity (Wildman–Crippen MR) is 80.4 cm³/mol. The van der Waals surface area contributed by atoms with Crippen molar-refractivity contribution in [2.75, 3.05) is 17.1 Å². The van der Waals surface area contributed by atoms with Crippen LogP contribution in [0.3, 0.4) is 0 Å². The zero-order valence-corrected chi connectivity index (χ0v) is 12.6. The van der Waals surface area contributed by atoms with Crippen LogP contribution in [0.4, 0.5) is 11.4 Å². The van der Waals surface area contributed by atoms with Crippen LogP contribution in [-0.4, -0.2) is 20.4 Å². The second-order valence-corrected chi connectivity index (χ2v) is 6.66. The summed E-state index contributed by atoms with van der Waals surface area (Å²) in [4.78, 5) is 4.00. The van der Waals surface area contributed by atoms with Crippen LogP contribution in [0.5, 0.6) is 0 Å². The summed E-state index contributed by atoms with van der Waals surface area (Å²) >= 11 is 5.89. The Morgan fingerprint density at radius 3 is 2.45 bits per heavy atom. The molecule has 5 nitrogen and oxygen atoms in total. The molecule has 0 saturated heterocycles. The number of aromatic nitrogens is 1. The van der Waals surface area contributed by atoms with E-state index in [2.05, 4.69) is 4.98 Å². The molecule has 7 heteroatoms. The van der Waals surface area contributed by atoms with Crippen molar-refractivity contribution in [3.63, 3.8) is 0 Å². The standard InChI is InChI=1S/C13H14ClN3O2S/c1-9-7-11(14)12(15)8-13(9)20(18,19)17(2)10-3-5-16-6-4-10/h3-8H,15H2,1-2H3. The summed E-state index contributed by atoms with van der Waals surface area (Å²) in [6.45, 7) is 1.68. The molecule has 0 aliphatic carbocycles. The topological polar surface area (TPSA) is 76.3 Å². The van der Waals surface area contributed by atoms with Crippen molar-refractivity contribution in [3.05, 3.63) is 47.2 Å². The number of nitrogens with two attached hydrogens (primary N) is 1. The highest BCUT2D eigenvalue weighted by Gasteiger charge is 2.24. The maximum absolute atomic E-state index is 12.6. The summed E-state index contributed by atoms with van der Waals surface area (Å²) in [6.07, 6.45) is 3.06. The first-order valence-corrected chi connectivity index (χ1v) is 7.60. The Bertz CT molecular complexity index is 733. The van der Waals surface area contributed by atoms with Gasteiger partial charge in [0, 0.05) is 19.4 Å². The van der Waals surface area contributed by atoms with Gasteiger partial charge in [-0.05, 0) is 36.8 Å². The lowest BCUT2D eigenvalue weighted by atomic mass is 10.2. The lowest BCUT2D eigenvalue weighted by Gasteiger charge is -2.21. The average Bonchev–Trinajstić information content (AvgIpc) is 2.42. The van der Waals surface area contributed by atoms with Crippen LogP contribution < -0.4 is 10.0 Å². The van der Waals surface area contributed by atoms with Crippen LogP contribution in [0.1, 0.15) is 5.56 Å². The van der Waals surface area contributed by atoms with Gasteiger partial charge in [0.05, 0.1) is 21.3 Å². The molecule has 0 amide bonds. The number of hydrogen-bond donors (Lipinski definition) is 1. The number of nitrogens with zero attached hydrogens (tertiary/aromatic N) is 2. The highest BCUT2D eigenvalue weighted by atomic mass is 35.5. The number of pyridine rings is 1. The number of benzene rings is 1. The Labute approximate surface area is 123 Å². The Kier molecular flexibility index (Phi) is 3.87. The molecule has 1 aromatic heterocycles. The van der Waals surface area contributed by atoms with E-state index >= 15 is 0 Å². The number of hydrogen-bond acceptors (Lipinski definition) is 4. The summed E-state index contributed by atoms with van der Waals surface area (Å²) in [7, 11) is -2.21. The monoisotopic (exact) mass is 311 g/mol. The third kappa shape index (κ3) is 2.57. The van der Waals surface area contributed by atoms with E-state index in [1.165, 1.54) is 29.8 Å². The summed E-state index contributed by atoms with van der Waals surface area (Å²) in [6, 6.07) is 6.16. The fourth-order valence-electron chi connectivity index (χ4n) is 1.79. The van der Waals surface area contributed by atoms with Crippen molar-refractivity contribution >= 4 is 33.0 Å². The first-order chi connectivity index (χ1) is 9.34. The summed E-state index contributed by atoms with van der Waals surface area (Å²) in [5.74, 6) is 0.